The number of unbranched alkanes of at least 4 members (excludes halogenated alkanes) is 13. The lowest BCUT2D eigenvalue weighted by Gasteiger charge is -2.05. The number of carbonyl (C=O) groups is 4. The molecule has 0 spiro atoms. The van der Waals surface area contributed by atoms with Crippen molar-refractivity contribution in [3.05, 3.63) is 70.8 Å². The molecule has 2 aromatic carbocycles. The Balaban J connectivity index is 1.27. The normalized spacial score (nSPS) is 10.6. The van der Waals surface area contributed by atoms with Crippen LogP contribution in [0, 0.1) is 0 Å². The second-order valence-corrected chi connectivity index (χ2v) is 11.3. The van der Waals surface area contributed by atoms with Gasteiger partial charge in [0.2, 0.25) is 0 Å². The van der Waals surface area contributed by atoms with Crippen molar-refractivity contribution >= 4 is 24.2 Å². The Morgan fingerprint density at radius 2 is 0.708 bits per heavy atom. The van der Waals surface area contributed by atoms with Gasteiger partial charge >= 0.3 is 24.2 Å². The third kappa shape index (κ3) is 18.9. The van der Waals surface area contributed by atoms with Crippen molar-refractivity contribution in [2.75, 3.05) is 13.2 Å². The summed E-state index contributed by atoms with van der Waals surface area (Å²) >= 11 is 0. The number of carbonyl (C=O) groups excluding carboxylic acids is 4. The Labute approximate surface area is 283 Å². The summed E-state index contributed by atoms with van der Waals surface area (Å²) in [6.07, 6.45) is 14.6. The molecule has 0 atom stereocenters. The van der Waals surface area contributed by atoms with E-state index in [0.29, 0.717) is 0 Å². The quantitative estimate of drug-likeness (QED) is 0.0428. The third-order valence-corrected chi connectivity index (χ3v) is 7.60. The molecule has 2 aromatic rings. The Bertz CT molecular complexity index is 1090. The van der Waals surface area contributed by atoms with Crippen molar-refractivity contribution in [2.45, 2.75) is 117 Å². The topological polar surface area (TPSA) is 142 Å². The van der Waals surface area contributed by atoms with E-state index in [4.69, 9.17) is 9.47 Å². The number of rotatable bonds is 25. The van der Waals surface area contributed by atoms with Crippen molar-refractivity contribution in [3.8, 4) is 0 Å². The van der Waals surface area contributed by atoms with Crippen LogP contribution >= 0.6 is 0 Å². The summed E-state index contributed by atoms with van der Waals surface area (Å²) < 4.78 is 9.81. The van der Waals surface area contributed by atoms with Gasteiger partial charge in [0.25, 0.3) is 0 Å². The minimum absolute atomic E-state index is 0.206. The van der Waals surface area contributed by atoms with Crippen molar-refractivity contribution in [1.82, 2.24) is 0 Å². The maximum atomic E-state index is 11.8. The van der Waals surface area contributed by atoms with Crippen molar-refractivity contribution in [2.24, 2.45) is 0 Å². The number of benzene rings is 2. The van der Waals surface area contributed by atoms with Crippen LogP contribution in [0.15, 0.2) is 48.5 Å². The average molecular weight is 675 g/mol. The van der Waals surface area contributed by atoms with Gasteiger partial charge in [0.15, 0.2) is 0 Å². The predicted molar refractivity (Wildman–Crippen MR) is 174 cm³/mol. The van der Waals surface area contributed by atoms with E-state index in [9.17, 15) is 19.2 Å². The van der Waals surface area contributed by atoms with Crippen LogP contribution in [-0.4, -0.2) is 37.5 Å². The van der Waals surface area contributed by atoms with Gasteiger partial charge in [-0.15, -0.1) is 0 Å². The van der Waals surface area contributed by atoms with Gasteiger partial charge < -0.3 is 9.47 Å². The summed E-state index contributed by atoms with van der Waals surface area (Å²) in [5, 5.41) is 8.46. The van der Waals surface area contributed by atoms with Crippen molar-refractivity contribution in [3.63, 3.8) is 0 Å². The highest BCUT2D eigenvalue weighted by Gasteiger charge is 2.13. The minimum Gasteiger partial charge on any atom is -0.432 e. The second-order valence-electron chi connectivity index (χ2n) is 11.3. The SMILES string of the molecule is CCc1ccc(C(=O)OOOC(=O)OCCCCCCCCCCCCCCCCOC(=O)OOOC(=O)c2ccc(CC)cc2)cc1. The van der Waals surface area contributed by atoms with E-state index in [1.165, 1.54) is 38.5 Å². The number of aryl methyl sites for hydroxylation is 2. The first-order chi connectivity index (χ1) is 23.4. The van der Waals surface area contributed by atoms with Crippen LogP contribution < -0.4 is 0 Å². The summed E-state index contributed by atoms with van der Waals surface area (Å²) in [4.78, 5) is 64.2. The fraction of sp³-hybridized carbons (Fsp3) is 0.556. The summed E-state index contributed by atoms with van der Waals surface area (Å²) in [5.41, 5.74) is 2.73. The monoisotopic (exact) mass is 674 g/mol. The van der Waals surface area contributed by atoms with E-state index >= 15 is 0 Å². The maximum Gasteiger partial charge on any atom is 0.543 e. The fourth-order valence-corrected chi connectivity index (χ4v) is 4.69. The van der Waals surface area contributed by atoms with Crippen LogP contribution in [0.1, 0.15) is 136 Å². The first-order valence-corrected chi connectivity index (χ1v) is 17.0. The summed E-state index contributed by atoms with van der Waals surface area (Å²) in [6, 6.07) is 13.6. The molecule has 0 saturated carbocycles. The van der Waals surface area contributed by atoms with Crippen LogP contribution in [0.4, 0.5) is 9.59 Å². The van der Waals surface area contributed by atoms with Crippen LogP contribution in [0.2, 0.25) is 0 Å². The van der Waals surface area contributed by atoms with Gasteiger partial charge in [-0.1, -0.05) is 115 Å². The third-order valence-electron chi connectivity index (χ3n) is 7.60. The molecule has 2 rings (SSSR count). The lowest BCUT2D eigenvalue weighted by Crippen LogP contribution is -2.12. The molecule has 0 aliphatic heterocycles. The van der Waals surface area contributed by atoms with E-state index in [1.807, 2.05) is 13.8 Å². The zero-order valence-corrected chi connectivity index (χ0v) is 28.2. The molecule has 12 heteroatoms. The molecular weight excluding hydrogens is 624 g/mol. The Morgan fingerprint density at radius 1 is 0.417 bits per heavy atom. The molecule has 0 heterocycles. The van der Waals surface area contributed by atoms with E-state index in [-0.39, 0.29) is 24.3 Å². The molecule has 0 saturated heterocycles. The van der Waals surface area contributed by atoms with Crippen LogP contribution in [-0.2, 0) is 51.9 Å². The molecule has 0 bridgehead atoms. The van der Waals surface area contributed by atoms with Gasteiger partial charge in [-0.25, -0.2) is 29.0 Å². The Hall–Kier alpha value is -4.16. The van der Waals surface area contributed by atoms with Gasteiger partial charge in [-0.3, -0.25) is 9.78 Å². The molecule has 0 N–H and O–H groups in total. The molecule has 0 aromatic heterocycles. The molecule has 0 aliphatic carbocycles. The van der Waals surface area contributed by atoms with E-state index < -0.39 is 24.2 Å². The van der Waals surface area contributed by atoms with Crippen LogP contribution in [0.25, 0.3) is 0 Å². The highest BCUT2D eigenvalue weighted by molar-refractivity contribution is 5.89. The second kappa shape index (κ2) is 25.9. The summed E-state index contributed by atoms with van der Waals surface area (Å²) in [5.74, 6) is -1.54. The van der Waals surface area contributed by atoms with Gasteiger partial charge in [0.05, 0.1) is 34.4 Å². The first kappa shape index (κ1) is 40.0. The largest absolute Gasteiger partial charge is 0.543 e. The highest BCUT2D eigenvalue weighted by Crippen LogP contribution is 2.14. The molecule has 266 valence electrons. The Kier molecular flexibility index (Phi) is 21.6. The zero-order chi connectivity index (χ0) is 34.7. The van der Waals surface area contributed by atoms with Gasteiger partial charge in [0, 0.05) is 0 Å². The lowest BCUT2D eigenvalue weighted by molar-refractivity contribution is -0.452. The fourth-order valence-electron chi connectivity index (χ4n) is 4.69. The Morgan fingerprint density at radius 3 is 1.00 bits per heavy atom. The van der Waals surface area contributed by atoms with Crippen LogP contribution in [0.5, 0.6) is 0 Å². The minimum atomic E-state index is -1.06. The summed E-state index contributed by atoms with van der Waals surface area (Å²) in [7, 11) is 0. The number of hydrogen-bond acceptors (Lipinski definition) is 12. The van der Waals surface area contributed by atoms with E-state index in [1.54, 1.807) is 48.5 Å². The number of hydrogen-bond donors (Lipinski definition) is 0. The molecule has 0 amide bonds. The van der Waals surface area contributed by atoms with Gasteiger partial charge in [-0.2, -0.15) is 0 Å². The standard InChI is InChI=1S/C36H50O12/c1-3-29-19-23-31(24-20-29)33(37)43-47-45-35(39)41-27-17-15-13-11-9-7-5-6-8-10-12-14-16-18-28-42-36(40)46-48-44-34(38)32-25-21-30(4-2)22-26-32/h19-26H,3-18,27-28H2,1-2H3. The van der Waals surface area contributed by atoms with E-state index in [0.717, 1.165) is 75.3 Å². The maximum absolute atomic E-state index is 11.8. The van der Waals surface area contributed by atoms with E-state index in [2.05, 4.69) is 29.6 Å². The predicted octanol–water partition coefficient (Wildman–Crippen LogP) is 9.29. The smallest absolute Gasteiger partial charge is 0.432 e. The molecule has 0 radical (unpaired) electrons. The molecular formula is C36H50O12. The van der Waals surface area contributed by atoms with Crippen molar-refractivity contribution in [1.29, 1.82) is 0 Å². The molecule has 12 nitrogen and oxygen atoms in total. The first-order valence-electron chi connectivity index (χ1n) is 17.0. The van der Waals surface area contributed by atoms with Gasteiger partial charge in [0.1, 0.15) is 0 Å². The number of ether oxygens (including phenoxy) is 2. The van der Waals surface area contributed by atoms with Gasteiger partial charge in [-0.05, 0) is 61.1 Å². The lowest BCUT2D eigenvalue weighted by atomic mass is 10.0. The average Bonchev–Trinajstić information content (AvgIpc) is 3.11. The molecule has 0 fully saturated rings. The highest BCUT2D eigenvalue weighted by atomic mass is 17.5. The molecule has 0 aliphatic rings. The summed E-state index contributed by atoms with van der Waals surface area (Å²) in [6.45, 7) is 4.43. The van der Waals surface area contributed by atoms with Crippen LogP contribution in [0.3, 0.4) is 0 Å². The zero-order valence-electron chi connectivity index (χ0n) is 28.2. The molecule has 48 heavy (non-hydrogen) atoms. The van der Waals surface area contributed by atoms with Crippen molar-refractivity contribution < 1.29 is 58.3 Å². The molecule has 0 unspecified atom stereocenters.